The molecule has 1 aromatic carbocycles. The fourth-order valence-electron chi connectivity index (χ4n) is 4.84. The number of rotatable bonds is 5. The molecule has 3 N–H and O–H groups in total. The molecule has 5 rings (SSSR count). The second-order valence-electron chi connectivity index (χ2n) is 8.42. The third-order valence-corrected chi connectivity index (χ3v) is 7.54. The van der Waals surface area contributed by atoms with Crippen LogP contribution in [-0.2, 0) is 11.2 Å². The molecule has 0 saturated carbocycles. The molecule has 1 aliphatic heterocycles. The molecular weight excluding hydrogens is 410 g/mol. The molecule has 8 heteroatoms. The SMILES string of the molecule is N[C@@H]1c2ccccc2CC12CCN(c1cnc3nc(SCCC(=O)O)ccc3n1)CC2. The fraction of sp³-hybridized carbons (Fsp3) is 0.391. The highest BCUT2D eigenvalue weighted by atomic mass is 32.2. The molecule has 1 fully saturated rings. The molecule has 0 unspecified atom stereocenters. The number of fused-ring (bicyclic) bond motifs is 2. The molecule has 0 bridgehead atoms. The van der Waals surface area contributed by atoms with Crippen LogP contribution in [0.1, 0.15) is 36.4 Å². The van der Waals surface area contributed by atoms with E-state index in [-0.39, 0.29) is 17.9 Å². The number of hydrogen-bond acceptors (Lipinski definition) is 7. The van der Waals surface area contributed by atoms with Crippen LogP contribution >= 0.6 is 11.8 Å². The monoisotopic (exact) mass is 435 g/mol. The Labute approximate surface area is 185 Å². The number of benzene rings is 1. The quantitative estimate of drug-likeness (QED) is 0.587. The van der Waals surface area contributed by atoms with Crippen LogP contribution in [0.4, 0.5) is 5.82 Å². The molecule has 1 saturated heterocycles. The lowest BCUT2D eigenvalue weighted by molar-refractivity contribution is -0.136. The molecule has 0 radical (unpaired) electrons. The number of pyridine rings is 1. The van der Waals surface area contributed by atoms with Crippen molar-refractivity contribution in [2.75, 3.05) is 23.7 Å². The van der Waals surface area contributed by atoms with Gasteiger partial charge < -0.3 is 15.7 Å². The second-order valence-corrected chi connectivity index (χ2v) is 9.53. The smallest absolute Gasteiger partial charge is 0.304 e. The first-order chi connectivity index (χ1) is 15.0. The van der Waals surface area contributed by atoms with Gasteiger partial charge in [0.1, 0.15) is 11.3 Å². The molecule has 31 heavy (non-hydrogen) atoms. The highest BCUT2D eigenvalue weighted by Crippen LogP contribution is 2.50. The van der Waals surface area contributed by atoms with E-state index >= 15 is 0 Å². The summed E-state index contributed by atoms with van der Waals surface area (Å²) >= 11 is 1.42. The van der Waals surface area contributed by atoms with Gasteiger partial charge in [-0.15, -0.1) is 11.8 Å². The van der Waals surface area contributed by atoms with Crippen molar-refractivity contribution in [3.8, 4) is 0 Å². The van der Waals surface area contributed by atoms with E-state index in [1.165, 1.54) is 22.9 Å². The Balaban J connectivity index is 1.27. The number of anilines is 1. The minimum atomic E-state index is -0.802. The minimum absolute atomic E-state index is 0.106. The van der Waals surface area contributed by atoms with Gasteiger partial charge in [0.05, 0.1) is 17.6 Å². The first-order valence-electron chi connectivity index (χ1n) is 10.6. The second kappa shape index (κ2) is 8.09. The van der Waals surface area contributed by atoms with Crippen molar-refractivity contribution < 1.29 is 9.90 Å². The number of carboxylic acids is 1. The zero-order chi connectivity index (χ0) is 21.4. The number of nitrogens with two attached hydrogens (primary N) is 1. The molecule has 1 spiro atoms. The average Bonchev–Trinajstić information content (AvgIpc) is 3.05. The lowest BCUT2D eigenvalue weighted by atomic mass is 9.73. The van der Waals surface area contributed by atoms with Crippen molar-refractivity contribution >= 4 is 34.7 Å². The number of aliphatic carboxylic acids is 1. The summed E-state index contributed by atoms with van der Waals surface area (Å²) in [6.45, 7) is 1.83. The van der Waals surface area contributed by atoms with Gasteiger partial charge in [-0.3, -0.25) is 4.79 Å². The van der Waals surface area contributed by atoms with E-state index in [2.05, 4.69) is 39.1 Å². The summed E-state index contributed by atoms with van der Waals surface area (Å²) < 4.78 is 0. The zero-order valence-corrected chi connectivity index (χ0v) is 18.0. The molecule has 0 amide bonds. The summed E-state index contributed by atoms with van der Waals surface area (Å²) in [5.74, 6) is 0.559. The topological polar surface area (TPSA) is 105 Å². The van der Waals surface area contributed by atoms with Gasteiger partial charge in [0.2, 0.25) is 0 Å². The van der Waals surface area contributed by atoms with Crippen molar-refractivity contribution in [2.24, 2.45) is 11.1 Å². The lowest BCUT2D eigenvalue weighted by Gasteiger charge is -2.42. The molecule has 1 atom stereocenters. The number of carbonyl (C=O) groups is 1. The zero-order valence-electron chi connectivity index (χ0n) is 17.2. The third kappa shape index (κ3) is 3.85. The van der Waals surface area contributed by atoms with Gasteiger partial charge in [-0.05, 0) is 47.9 Å². The number of aromatic nitrogens is 3. The van der Waals surface area contributed by atoms with E-state index in [1.807, 2.05) is 12.1 Å². The molecule has 1 aliphatic carbocycles. The van der Waals surface area contributed by atoms with Crippen LogP contribution in [0.15, 0.2) is 47.6 Å². The Morgan fingerprint density at radius 1 is 1.19 bits per heavy atom. The van der Waals surface area contributed by atoms with Crippen LogP contribution in [0, 0.1) is 5.41 Å². The first-order valence-corrected chi connectivity index (χ1v) is 11.6. The number of carboxylic acid groups (broad SMARTS) is 1. The van der Waals surface area contributed by atoms with Gasteiger partial charge in [0, 0.05) is 24.9 Å². The summed E-state index contributed by atoms with van der Waals surface area (Å²) in [7, 11) is 0. The number of thioether (sulfide) groups is 1. The van der Waals surface area contributed by atoms with Gasteiger partial charge >= 0.3 is 5.97 Å². The van der Waals surface area contributed by atoms with Crippen LogP contribution in [0.5, 0.6) is 0 Å². The van der Waals surface area contributed by atoms with E-state index in [0.717, 1.165) is 48.7 Å². The summed E-state index contributed by atoms with van der Waals surface area (Å²) in [4.78, 5) is 26.8. The lowest BCUT2D eigenvalue weighted by Crippen LogP contribution is -2.44. The van der Waals surface area contributed by atoms with E-state index in [1.54, 1.807) is 6.20 Å². The Kier molecular flexibility index (Phi) is 5.27. The van der Waals surface area contributed by atoms with Crippen LogP contribution in [0.2, 0.25) is 0 Å². The van der Waals surface area contributed by atoms with Gasteiger partial charge in [-0.2, -0.15) is 0 Å². The van der Waals surface area contributed by atoms with Crippen molar-refractivity contribution in [3.63, 3.8) is 0 Å². The maximum absolute atomic E-state index is 10.7. The Morgan fingerprint density at radius 2 is 2.00 bits per heavy atom. The average molecular weight is 436 g/mol. The molecule has 7 nitrogen and oxygen atoms in total. The number of nitrogens with zero attached hydrogens (tertiary/aromatic N) is 4. The molecule has 3 heterocycles. The van der Waals surface area contributed by atoms with Gasteiger partial charge in [0.25, 0.3) is 0 Å². The van der Waals surface area contributed by atoms with Crippen molar-refractivity contribution in [3.05, 3.63) is 53.7 Å². The van der Waals surface area contributed by atoms with Crippen LogP contribution in [-0.4, -0.2) is 44.9 Å². The normalized spacial score (nSPS) is 19.6. The standard InChI is InChI=1S/C23H25N5O2S/c24-21-16-4-2-1-3-15(16)13-23(21)8-10-28(11-9-23)18-14-25-22-17(26-18)5-6-19(27-22)31-12-7-20(29)30/h1-6,14,21H,7-13,24H2,(H,29,30)/t21-/m1/s1. The maximum atomic E-state index is 10.7. The van der Waals surface area contributed by atoms with Gasteiger partial charge in [0.15, 0.2) is 5.65 Å². The van der Waals surface area contributed by atoms with Gasteiger partial charge in [-0.1, -0.05) is 24.3 Å². The van der Waals surface area contributed by atoms with Crippen molar-refractivity contribution in [2.45, 2.75) is 36.8 Å². The molecule has 160 valence electrons. The summed E-state index contributed by atoms with van der Waals surface area (Å²) in [5.41, 5.74) is 10.9. The number of piperidine rings is 1. The third-order valence-electron chi connectivity index (χ3n) is 6.61. The van der Waals surface area contributed by atoms with Crippen LogP contribution < -0.4 is 10.6 Å². The molecule has 2 aliphatic rings. The Bertz CT molecular complexity index is 1130. The highest BCUT2D eigenvalue weighted by molar-refractivity contribution is 7.99. The Hall–Kier alpha value is -2.71. The largest absolute Gasteiger partial charge is 0.481 e. The molecule has 2 aromatic heterocycles. The summed E-state index contributed by atoms with van der Waals surface area (Å²) in [6, 6.07) is 12.5. The minimum Gasteiger partial charge on any atom is -0.481 e. The first kappa shape index (κ1) is 20.2. The van der Waals surface area contributed by atoms with E-state index in [9.17, 15) is 4.79 Å². The van der Waals surface area contributed by atoms with Crippen LogP contribution in [0.25, 0.3) is 11.2 Å². The molecule has 3 aromatic rings. The van der Waals surface area contributed by atoms with Crippen molar-refractivity contribution in [1.29, 1.82) is 0 Å². The predicted octanol–water partition coefficient (Wildman–Crippen LogP) is 3.43. The Morgan fingerprint density at radius 3 is 2.77 bits per heavy atom. The van der Waals surface area contributed by atoms with E-state index < -0.39 is 5.97 Å². The predicted molar refractivity (Wildman–Crippen MR) is 121 cm³/mol. The van der Waals surface area contributed by atoms with Gasteiger partial charge in [-0.25, -0.2) is 15.0 Å². The van der Waals surface area contributed by atoms with Crippen LogP contribution in [0.3, 0.4) is 0 Å². The summed E-state index contributed by atoms with van der Waals surface area (Å²) in [5, 5.41) is 9.55. The van der Waals surface area contributed by atoms with E-state index in [0.29, 0.717) is 11.4 Å². The van der Waals surface area contributed by atoms with E-state index in [4.69, 9.17) is 15.8 Å². The highest BCUT2D eigenvalue weighted by Gasteiger charge is 2.45. The number of hydrogen-bond donors (Lipinski definition) is 2. The molecular formula is C23H25N5O2S. The summed E-state index contributed by atoms with van der Waals surface area (Å²) in [6.07, 6.45) is 5.05. The maximum Gasteiger partial charge on any atom is 0.304 e. The fourth-order valence-corrected chi connectivity index (χ4v) is 5.64. The van der Waals surface area contributed by atoms with Crippen molar-refractivity contribution in [1.82, 2.24) is 15.0 Å².